The van der Waals surface area contributed by atoms with Gasteiger partial charge in [0.2, 0.25) is 0 Å². The maximum Gasteiger partial charge on any atom is 0.511 e. The number of rotatable bonds is 2. The number of phenolic OH excluding ortho intramolecular Hbond substituents is 2. The van der Waals surface area contributed by atoms with Gasteiger partial charge in [-0.05, 0) is 29.8 Å². The number of aromatic hydroxyl groups is 2. The van der Waals surface area contributed by atoms with Crippen molar-refractivity contribution in [3.05, 3.63) is 42.5 Å². The highest BCUT2D eigenvalue weighted by Crippen LogP contribution is 2.33. The van der Waals surface area contributed by atoms with Gasteiger partial charge < -0.3 is 20.1 Å². The first-order valence-corrected chi connectivity index (χ1v) is 5.09. The van der Waals surface area contributed by atoms with E-state index in [-0.39, 0.29) is 17.2 Å². The minimum atomic E-state index is -1.46. The highest BCUT2D eigenvalue weighted by molar-refractivity contribution is 5.75. The van der Waals surface area contributed by atoms with E-state index in [1.54, 1.807) is 18.2 Å². The number of benzene rings is 2. The number of phenols is 2. The average Bonchev–Trinajstić information content (AvgIpc) is 2.30. The van der Waals surface area contributed by atoms with E-state index in [1.807, 2.05) is 0 Å². The second-order valence-electron chi connectivity index (χ2n) is 3.60. The lowest BCUT2D eigenvalue weighted by molar-refractivity contribution is 0.144. The first-order chi connectivity index (χ1) is 8.56. The Hall–Kier alpha value is -2.69. The van der Waals surface area contributed by atoms with Gasteiger partial charge in [0.25, 0.3) is 0 Å². The quantitative estimate of drug-likeness (QED) is 0.560. The fraction of sp³-hybridized carbons (Fsp3) is 0. The molecule has 0 unspecified atom stereocenters. The fourth-order valence-electron chi connectivity index (χ4n) is 1.57. The molecule has 0 heterocycles. The summed E-state index contributed by atoms with van der Waals surface area (Å²) in [5.41, 5.74) is 1.18. The summed E-state index contributed by atoms with van der Waals surface area (Å²) in [5, 5.41) is 27.2. The van der Waals surface area contributed by atoms with Gasteiger partial charge in [0.15, 0.2) is 0 Å². The number of hydrogen-bond donors (Lipinski definition) is 3. The molecule has 0 saturated carbocycles. The average molecular weight is 246 g/mol. The second kappa shape index (κ2) is 4.67. The Labute approximate surface area is 103 Å². The summed E-state index contributed by atoms with van der Waals surface area (Å²) in [6.07, 6.45) is -1.46. The molecule has 0 spiro atoms. The third-order valence-electron chi connectivity index (χ3n) is 2.34. The van der Waals surface area contributed by atoms with Crippen molar-refractivity contribution in [3.8, 4) is 28.4 Å². The Morgan fingerprint density at radius 3 is 2.17 bits per heavy atom. The Morgan fingerprint density at radius 2 is 1.56 bits per heavy atom. The van der Waals surface area contributed by atoms with E-state index in [2.05, 4.69) is 4.74 Å². The van der Waals surface area contributed by atoms with Gasteiger partial charge in [-0.3, -0.25) is 0 Å². The molecule has 0 aromatic heterocycles. The first-order valence-electron chi connectivity index (χ1n) is 5.09. The summed E-state index contributed by atoms with van der Waals surface area (Å²) in [7, 11) is 0. The van der Waals surface area contributed by atoms with Crippen molar-refractivity contribution >= 4 is 6.16 Å². The summed E-state index contributed by atoms with van der Waals surface area (Å²) in [6, 6.07) is 10.4. The fourth-order valence-corrected chi connectivity index (χ4v) is 1.57. The van der Waals surface area contributed by atoms with Gasteiger partial charge in [-0.2, -0.15) is 0 Å². The second-order valence-corrected chi connectivity index (χ2v) is 3.60. The molecular formula is C13H10O5. The Bertz CT molecular complexity index is 574. The van der Waals surface area contributed by atoms with Crippen molar-refractivity contribution in [1.82, 2.24) is 0 Å². The molecule has 0 bridgehead atoms. The van der Waals surface area contributed by atoms with Crippen LogP contribution in [0.1, 0.15) is 0 Å². The van der Waals surface area contributed by atoms with Crippen LogP contribution in [0.25, 0.3) is 11.1 Å². The van der Waals surface area contributed by atoms with Crippen molar-refractivity contribution in [3.63, 3.8) is 0 Å². The monoisotopic (exact) mass is 246 g/mol. The molecule has 3 N–H and O–H groups in total. The molecule has 2 aromatic carbocycles. The summed E-state index contributed by atoms with van der Waals surface area (Å²) in [4.78, 5) is 10.6. The van der Waals surface area contributed by atoms with Crippen LogP contribution >= 0.6 is 0 Å². The lowest BCUT2D eigenvalue weighted by atomic mass is 10.0. The highest BCUT2D eigenvalue weighted by atomic mass is 16.7. The van der Waals surface area contributed by atoms with Crippen LogP contribution in [0.2, 0.25) is 0 Å². The maximum atomic E-state index is 10.6. The number of ether oxygens (including phenoxy) is 1. The SMILES string of the molecule is O=C(O)Oc1cc(O)ccc1-c1ccc(O)cc1. The van der Waals surface area contributed by atoms with Gasteiger partial charge in [0, 0.05) is 11.6 Å². The van der Waals surface area contributed by atoms with Crippen LogP contribution in [0.5, 0.6) is 17.2 Å². The molecule has 5 heteroatoms. The zero-order chi connectivity index (χ0) is 13.1. The van der Waals surface area contributed by atoms with Crippen molar-refractivity contribution in [2.45, 2.75) is 0 Å². The molecule has 0 aliphatic rings. The van der Waals surface area contributed by atoms with Crippen molar-refractivity contribution < 1.29 is 24.9 Å². The third kappa shape index (κ3) is 2.52. The van der Waals surface area contributed by atoms with Crippen molar-refractivity contribution in [2.75, 3.05) is 0 Å². The van der Waals surface area contributed by atoms with E-state index in [0.29, 0.717) is 11.1 Å². The molecule has 0 saturated heterocycles. The molecule has 18 heavy (non-hydrogen) atoms. The zero-order valence-electron chi connectivity index (χ0n) is 9.20. The topological polar surface area (TPSA) is 87.0 Å². The summed E-state index contributed by atoms with van der Waals surface area (Å²) in [5.74, 6) is 0.0557. The molecule has 0 aliphatic carbocycles. The third-order valence-corrected chi connectivity index (χ3v) is 2.34. The minimum Gasteiger partial charge on any atom is -0.508 e. The summed E-state index contributed by atoms with van der Waals surface area (Å²) in [6.45, 7) is 0. The van der Waals surface area contributed by atoms with Crippen LogP contribution in [0.15, 0.2) is 42.5 Å². The van der Waals surface area contributed by atoms with Crippen LogP contribution < -0.4 is 4.74 Å². The molecule has 2 rings (SSSR count). The predicted molar refractivity (Wildman–Crippen MR) is 63.9 cm³/mol. The van der Waals surface area contributed by atoms with Gasteiger partial charge in [-0.1, -0.05) is 12.1 Å². The molecular weight excluding hydrogens is 236 g/mol. The predicted octanol–water partition coefficient (Wildman–Crippen LogP) is 2.82. The highest BCUT2D eigenvalue weighted by Gasteiger charge is 2.11. The normalized spacial score (nSPS) is 10.0. The standard InChI is InChI=1S/C13H10O5/c14-9-3-1-8(2-4-9)11-6-5-10(15)7-12(11)18-13(16)17/h1-7,14-15H,(H,16,17). The largest absolute Gasteiger partial charge is 0.511 e. The van der Waals surface area contributed by atoms with Gasteiger partial charge in [-0.15, -0.1) is 0 Å². The van der Waals surface area contributed by atoms with Crippen molar-refractivity contribution in [1.29, 1.82) is 0 Å². The lowest BCUT2D eigenvalue weighted by Crippen LogP contribution is -2.04. The molecule has 0 radical (unpaired) electrons. The van der Waals surface area contributed by atoms with Gasteiger partial charge in [-0.25, -0.2) is 4.79 Å². The van der Waals surface area contributed by atoms with Gasteiger partial charge in [0.05, 0.1) is 0 Å². The molecule has 0 fully saturated rings. The van der Waals surface area contributed by atoms with E-state index in [4.69, 9.17) is 5.11 Å². The van der Waals surface area contributed by atoms with E-state index in [1.165, 1.54) is 24.3 Å². The van der Waals surface area contributed by atoms with Crippen LogP contribution in [0.3, 0.4) is 0 Å². The molecule has 0 amide bonds. The Balaban J connectivity index is 2.49. The first kappa shape index (κ1) is 11.8. The van der Waals surface area contributed by atoms with Crippen LogP contribution in [-0.2, 0) is 0 Å². The summed E-state index contributed by atoms with van der Waals surface area (Å²) < 4.78 is 4.60. The van der Waals surface area contributed by atoms with Crippen LogP contribution in [0.4, 0.5) is 4.79 Å². The van der Waals surface area contributed by atoms with E-state index < -0.39 is 6.16 Å². The zero-order valence-corrected chi connectivity index (χ0v) is 9.20. The molecule has 2 aromatic rings. The number of hydrogen-bond acceptors (Lipinski definition) is 4. The van der Waals surface area contributed by atoms with E-state index in [9.17, 15) is 15.0 Å². The Kier molecular flexibility index (Phi) is 3.05. The molecule has 92 valence electrons. The lowest BCUT2D eigenvalue weighted by Gasteiger charge is -2.08. The van der Waals surface area contributed by atoms with Crippen molar-refractivity contribution in [2.24, 2.45) is 0 Å². The Morgan fingerprint density at radius 1 is 0.944 bits per heavy atom. The van der Waals surface area contributed by atoms with Gasteiger partial charge >= 0.3 is 6.16 Å². The molecule has 0 atom stereocenters. The molecule has 5 nitrogen and oxygen atoms in total. The van der Waals surface area contributed by atoms with Crippen LogP contribution in [0, 0.1) is 0 Å². The number of carbonyl (C=O) groups is 1. The molecule has 0 aliphatic heterocycles. The maximum absolute atomic E-state index is 10.6. The number of carboxylic acid groups (broad SMARTS) is 1. The van der Waals surface area contributed by atoms with Crippen LogP contribution in [-0.4, -0.2) is 21.5 Å². The van der Waals surface area contributed by atoms with E-state index in [0.717, 1.165) is 0 Å². The van der Waals surface area contributed by atoms with Gasteiger partial charge in [0.1, 0.15) is 17.2 Å². The van der Waals surface area contributed by atoms with E-state index >= 15 is 0 Å². The summed E-state index contributed by atoms with van der Waals surface area (Å²) >= 11 is 0. The smallest absolute Gasteiger partial charge is 0.508 e. The minimum absolute atomic E-state index is 0.0354.